The highest BCUT2D eigenvalue weighted by molar-refractivity contribution is 5.75. The molecule has 0 atom stereocenters. The van der Waals surface area contributed by atoms with E-state index in [-0.39, 0.29) is 5.91 Å². The SMILES string of the molecule is CCCCCCC(=O)NCCc1ccccc1. The molecule has 0 spiro atoms. The largest absolute Gasteiger partial charge is 0.356 e. The summed E-state index contributed by atoms with van der Waals surface area (Å²) in [5, 5.41) is 2.97. The van der Waals surface area contributed by atoms with E-state index < -0.39 is 0 Å². The van der Waals surface area contributed by atoms with E-state index in [0.29, 0.717) is 6.42 Å². The first-order valence-electron chi connectivity index (χ1n) is 6.63. The second-order valence-corrected chi connectivity index (χ2v) is 4.40. The summed E-state index contributed by atoms with van der Waals surface area (Å²) in [6, 6.07) is 10.3. The minimum atomic E-state index is 0.192. The van der Waals surface area contributed by atoms with Crippen LogP contribution in [0, 0.1) is 0 Å². The molecule has 1 amide bonds. The molecule has 0 unspecified atom stereocenters. The van der Waals surface area contributed by atoms with E-state index in [0.717, 1.165) is 19.4 Å². The quantitative estimate of drug-likeness (QED) is 0.686. The lowest BCUT2D eigenvalue weighted by Crippen LogP contribution is -2.25. The highest BCUT2D eigenvalue weighted by Crippen LogP contribution is 2.02. The van der Waals surface area contributed by atoms with Gasteiger partial charge in [0, 0.05) is 13.0 Å². The Bertz CT molecular complexity index is 308. The average Bonchev–Trinajstić information content (AvgIpc) is 2.36. The normalized spacial score (nSPS) is 10.2. The topological polar surface area (TPSA) is 29.1 Å². The van der Waals surface area contributed by atoms with Crippen molar-refractivity contribution in [3.8, 4) is 0 Å². The zero-order valence-corrected chi connectivity index (χ0v) is 10.7. The first kappa shape index (κ1) is 13.8. The monoisotopic (exact) mass is 233 g/mol. The van der Waals surface area contributed by atoms with Crippen LogP contribution in [0.25, 0.3) is 0 Å². The predicted molar refractivity (Wildman–Crippen MR) is 71.9 cm³/mol. The summed E-state index contributed by atoms with van der Waals surface area (Å²) in [7, 11) is 0. The highest BCUT2D eigenvalue weighted by Gasteiger charge is 2.00. The van der Waals surface area contributed by atoms with Crippen molar-refractivity contribution >= 4 is 5.91 Å². The van der Waals surface area contributed by atoms with E-state index in [1.165, 1.54) is 24.8 Å². The van der Waals surface area contributed by atoms with Crippen molar-refractivity contribution in [3.63, 3.8) is 0 Å². The van der Waals surface area contributed by atoms with Gasteiger partial charge in [-0.15, -0.1) is 0 Å². The number of rotatable bonds is 8. The summed E-state index contributed by atoms with van der Waals surface area (Å²) < 4.78 is 0. The van der Waals surface area contributed by atoms with Crippen LogP contribution < -0.4 is 5.32 Å². The molecule has 2 nitrogen and oxygen atoms in total. The van der Waals surface area contributed by atoms with Gasteiger partial charge in [-0.3, -0.25) is 4.79 Å². The summed E-state index contributed by atoms with van der Waals surface area (Å²) in [6.45, 7) is 2.93. The fourth-order valence-electron chi connectivity index (χ4n) is 1.79. The second-order valence-electron chi connectivity index (χ2n) is 4.40. The van der Waals surface area contributed by atoms with Crippen LogP contribution in [-0.4, -0.2) is 12.5 Å². The van der Waals surface area contributed by atoms with Crippen LogP contribution in [0.15, 0.2) is 30.3 Å². The fraction of sp³-hybridized carbons (Fsp3) is 0.533. The van der Waals surface area contributed by atoms with Crippen LogP contribution >= 0.6 is 0 Å². The van der Waals surface area contributed by atoms with Crippen molar-refractivity contribution in [1.29, 1.82) is 0 Å². The van der Waals surface area contributed by atoms with E-state index in [9.17, 15) is 4.79 Å². The van der Waals surface area contributed by atoms with Gasteiger partial charge in [-0.1, -0.05) is 56.5 Å². The molecule has 0 heterocycles. The Balaban J connectivity index is 2.04. The van der Waals surface area contributed by atoms with Crippen LogP contribution in [0.3, 0.4) is 0 Å². The summed E-state index contributed by atoms with van der Waals surface area (Å²) in [6.07, 6.45) is 6.23. The molecule has 0 radical (unpaired) electrons. The third kappa shape index (κ3) is 6.77. The number of benzene rings is 1. The van der Waals surface area contributed by atoms with Crippen LogP contribution in [0.2, 0.25) is 0 Å². The summed E-state index contributed by atoms with van der Waals surface area (Å²) in [4.78, 5) is 11.5. The van der Waals surface area contributed by atoms with Gasteiger partial charge in [0.2, 0.25) is 5.91 Å². The molecule has 1 rings (SSSR count). The predicted octanol–water partition coefficient (Wildman–Crippen LogP) is 3.32. The van der Waals surface area contributed by atoms with Crippen molar-refractivity contribution in [2.75, 3.05) is 6.54 Å². The van der Waals surface area contributed by atoms with Crippen molar-refractivity contribution in [1.82, 2.24) is 5.32 Å². The highest BCUT2D eigenvalue weighted by atomic mass is 16.1. The van der Waals surface area contributed by atoms with Gasteiger partial charge in [-0.2, -0.15) is 0 Å². The van der Waals surface area contributed by atoms with Crippen LogP contribution in [0.4, 0.5) is 0 Å². The first-order valence-corrected chi connectivity index (χ1v) is 6.63. The van der Waals surface area contributed by atoms with Crippen molar-refractivity contribution in [3.05, 3.63) is 35.9 Å². The second kappa shape index (κ2) is 8.80. The van der Waals surface area contributed by atoms with E-state index >= 15 is 0 Å². The van der Waals surface area contributed by atoms with Gasteiger partial charge in [0.25, 0.3) is 0 Å². The van der Waals surface area contributed by atoms with Crippen molar-refractivity contribution in [2.24, 2.45) is 0 Å². The third-order valence-corrected chi connectivity index (χ3v) is 2.84. The molecule has 0 saturated carbocycles. The maximum Gasteiger partial charge on any atom is 0.220 e. The van der Waals surface area contributed by atoms with Crippen molar-refractivity contribution < 1.29 is 4.79 Å². The van der Waals surface area contributed by atoms with Crippen LogP contribution in [0.5, 0.6) is 0 Å². The van der Waals surface area contributed by atoms with E-state index in [2.05, 4.69) is 24.4 Å². The lowest BCUT2D eigenvalue weighted by Gasteiger charge is -2.05. The van der Waals surface area contributed by atoms with Gasteiger partial charge in [-0.05, 0) is 18.4 Å². The zero-order chi connectivity index (χ0) is 12.3. The number of hydrogen-bond donors (Lipinski definition) is 1. The molecule has 1 aromatic rings. The molecule has 0 saturated heterocycles. The maximum atomic E-state index is 11.5. The molecule has 0 aliphatic heterocycles. The number of nitrogens with one attached hydrogen (secondary N) is 1. The number of amides is 1. The molecular formula is C15H23NO. The Hall–Kier alpha value is -1.31. The zero-order valence-electron chi connectivity index (χ0n) is 10.7. The summed E-state index contributed by atoms with van der Waals surface area (Å²) >= 11 is 0. The average molecular weight is 233 g/mol. The van der Waals surface area contributed by atoms with Gasteiger partial charge in [-0.25, -0.2) is 0 Å². The van der Waals surface area contributed by atoms with Gasteiger partial charge in [0.05, 0.1) is 0 Å². The van der Waals surface area contributed by atoms with E-state index in [1.54, 1.807) is 0 Å². The lowest BCUT2D eigenvalue weighted by molar-refractivity contribution is -0.121. The van der Waals surface area contributed by atoms with E-state index in [1.807, 2.05) is 18.2 Å². The summed E-state index contributed by atoms with van der Waals surface area (Å²) in [5.41, 5.74) is 1.28. The molecule has 0 bridgehead atoms. The van der Waals surface area contributed by atoms with Gasteiger partial charge < -0.3 is 5.32 Å². The Kier molecular flexibility index (Phi) is 7.12. The fourth-order valence-corrected chi connectivity index (χ4v) is 1.79. The molecule has 0 aliphatic carbocycles. The van der Waals surface area contributed by atoms with Crippen LogP contribution in [-0.2, 0) is 11.2 Å². The Morgan fingerprint density at radius 2 is 1.88 bits per heavy atom. The standard InChI is InChI=1S/C15H23NO/c1-2-3-4-8-11-15(17)16-13-12-14-9-6-5-7-10-14/h5-7,9-10H,2-4,8,11-13H2,1H3,(H,16,17). The first-order chi connectivity index (χ1) is 8.33. The third-order valence-electron chi connectivity index (χ3n) is 2.84. The van der Waals surface area contributed by atoms with Gasteiger partial charge >= 0.3 is 0 Å². The molecule has 1 N–H and O–H groups in total. The number of hydrogen-bond acceptors (Lipinski definition) is 1. The minimum absolute atomic E-state index is 0.192. The molecule has 0 aromatic heterocycles. The maximum absolute atomic E-state index is 11.5. The number of unbranched alkanes of at least 4 members (excludes halogenated alkanes) is 3. The van der Waals surface area contributed by atoms with E-state index in [4.69, 9.17) is 0 Å². The van der Waals surface area contributed by atoms with Crippen LogP contribution in [0.1, 0.15) is 44.6 Å². The number of carbonyl (C=O) groups excluding carboxylic acids is 1. The number of carbonyl (C=O) groups is 1. The van der Waals surface area contributed by atoms with Crippen molar-refractivity contribution in [2.45, 2.75) is 45.4 Å². The molecule has 94 valence electrons. The molecule has 0 fully saturated rings. The minimum Gasteiger partial charge on any atom is -0.356 e. The van der Waals surface area contributed by atoms with Gasteiger partial charge in [0.1, 0.15) is 0 Å². The molecule has 17 heavy (non-hydrogen) atoms. The molecule has 0 aliphatic rings. The lowest BCUT2D eigenvalue weighted by atomic mass is 10.1. The Morgan fingerprint density at radius 3 is 2.59 bits per heavy atom. The molecule has 2 heteroatoms. The van der Waals surface area contributed by atoms with Gasteiger partial charge in [0.15, 0.2) is 0 Å². The Labute approximate surface area is 104 Å². The Morgan fingerprint density at radius 1 is 1.12 bits per heavy atom. The molecule has 1 aromatic carbocycles. The summed E-state index contributed by atoms with van der Waals surface area (Å²) in [5.74, 6) is 0.192. The smallest absolute Gasteiger partial charge is 0.220 e. The molecular weight excluding hydrogens is 210 g/mol.